The first-order valence-electron chi connectivity index (χ1n) is 9.99. The van der Waals surface area contributed by atoms with Crippen molar-refractivity contribution in [2.24, 2.45) is 5.92 Å². The van der Waals surface area contributed by atoms with E-state index in [0.717, 1.165) is 24.1 Å². The lowest BCUT2D eigenvalue weighted by molar-refractivity contribution is -0.120. The highest BCUT2D eigenvalue weighted by Gasteiger charge is 2.31. The zero-order valence-corrected chi connectivity index (χ0v) is 18.0. The summed E-state index contributed by atoms with van der Waals surface area (Å²) in [6, 6.07) is 9.26. The Kier molecular flexibility index (Phi) is 6.12. The number of carbonyl (C=O) groups is 2. The molecule has 1 fully saturated rings. The quantitative estimate of drug-likeness (QED) is 0.762. The second-order valence-corrected chi connectivity index (χ2v) is 10.3. The van der Waals surface area contributed by atoms with E-state index >= 15 is 0 Å². The van der Waals surface area contributed by atoms with Crippen LogP contribution < -0.4 is 5.32 Å². The number of anilines is 1. The average Bonchev–Trinajstić information content (AvgIpc) is 3.17. The van der Waals surface area contributed by atoms with Crippen molar-refractivity contribution in [1.29, 1.82) is 0 Å². The second-order valence-electron chi connectivity index (χ2n) is 7.49. The molecule has 2 heterocycles. The normalized spacial score (nSPS) is 18.5. The third-order valence-electron chi connectivity index (χ3n) is 5.41. The van der Waals surface area contributed by atoms with E-state index in [1.165, 1.54) is 21.1 Å². The Labute approximate surface area is 179 Å². The minimum Gasteiger partial charge on any atom is -0.302 e. The summed E-state index contributed by atoms with van der Waals surface area (Å²) in [4.78, 5) is 29.6. The second kappa shape index (κ2) is 8.79. The first-order valence-corrected chi connectivity index (χ1v) is 12.3. The summed E-state index contributed by atoms with van der Waals surface area (Å²) >= 11 is 1.24. The highest BCUT2D eigenvalue weighted by atomic mass is 32.2. The van der Waals surface area contributed by atoms with Crippen LogP contribution >= 0.6 is 11.3 Å². The molecule has 2 aliphatic rings. The van der Waals surface area contributed by atoms with Crippen LogP contribution in [-0.4, -0.2) is 42.5 Å². The molecule has 1 N–H and O–H groups in total. The first-order chi connectivity index (χ1) is 14.4. The number of ketones is 1. The summed E-state index contributed by atoms with van der Waals surface area (Å²) < 4.78 is 26.5. The molecule has 1 aliphatic heterocycles. The fourth-order valence-electron chi connectivity index (χ4n) is 3.72. The number of amides is 1. The fourth-order valence-corrected chi connectivity index (χ4v) is 5.92. The van der Waals surface area contributed by atoms with Gasteiger partial charge in [0.2, 0.25) is 15.9 Å². The number of fused-ring (bicyclic) bond motifs is 1. The predicted octanol–water partition coefficient (Wildman–Crippen LogP) is 3.31. The van der Waals surface area contributed by atoms with Gasteiger partial charge in [0, 0.05) is 30.8 Å². The molecule has 9 heteroatoms. The number of piperidine rings is 1. The van der Waals surface area contributed by atoms with Crippen molar-refractivity contribution in [1.82, 2.24) is 9.29 Å². The summed E-state index contributed by atoms with van der Waals surface area (Å²) in [5.74, 6) is -0.340. The Morgan fingerprint density at radius 2 is 1.90 bits per heavy atom. The lowest BCUT2D eigenvalue weighted by Gasteiger charge is -2.29. The molecule has 0 saturated carbocycles. The Morgan fingerprint density at radius 1 is 1.17 bits per heavy atom. The molecule has 30 heavy (non-hydrogen) atoms. The standard InChI is InChI=1S/C21H23N3O4S2/c25-18-8-4-7-17-19(18)29-21(22-17)23-20(26)16-9-12-24(13-10-16)30(27,28)14-11-15-5-2-1-3-6-15/h1-3,5-6,11,14,16H,4,7-10,12-13H2,(H,22,23,26)/b14-11+. The van der Waals surface area contributed by atoms with Crippen molar-refractivity contribution in [3.05, 3.63) is 51.9 Å². The molecular weight excluding hydrogens is 422 g/mol. The van der Waals surface area contributed by atoms with E-state index in [-0.39, 0.29) is 17.6 Å². The summed E-state index contributed by atoms with van der Waals surface area (Å²) in [5, 5.41) is 4.51. The number of hydrogen-bond donors (Lipinski definition) is 1. The van der Waals surface area contributed by atoms with Gasteiger partial charge in [0.1, 0.15) is 0 Å². The maximum absolute atomic E-state index is 12.6. The minimum absolute atomic E-state index is 0.0938. The SMILES string of the molecule is O=C1CCCc2nc(NC(=O)C3CCN(S(=O)(=O)/C=C/c4ccccc4)CC3)sc21. The molecule has 0 spiro atoms. The molecule has 1 aromatic carbocycles. The number of nitrogens with zero attached hydrogens (tertiary/aromatic N) is 2. The van der Waals surface area contributed by atoms with Crippen LogP contribution in [0.5, 0.6) is 0 Å². The van der Waals surface area contributed by atoms with Gasteiger partial charge in [-0.3, -0.25) is 9.59 Å². The van der Waals surface area contributed by atoms with E-state index in [9.17, 15) is 18.0 Å². The van der Waals surface area contributed by atoms with Crippen LogP contribution in [0.25, 0.3) is 6.08 Å². The number of hydrogen-bond acceptors (Lipinski definition) is 6. The molecule has 1 amide bonds. The smallest absolute Gasteiger partial charge is 0.236 e. The molecule has 2 aromatic rings. The van der Waals surface area contributed by atoms with Gasteiger partial charge in [-0.2, -0.15) is 4.31 Å². The highest BCUT2D eigenvalue weighted by Crippen LogP contribution is 2.30. The lowest BCUT2D eigenvalue weighted by atomic mass is 9.97. The molecule has 7 nitrogen and oxygen atoms in total. The largest absolute Gasteiger partial charge is 0.302 e. The summed E-state index contributed by atoms with van der Waals surface area (Å²) in [5.41, 5.74) is 1.60. The molecular formula is C21H23N3O4S2. The van der Waals surface area contributed by atoms with Crippen molar-refractivity contribution in [3.63, 3.8) is 0 Å². The topological polar surface area (TPSA) is 96.4 Å². The number of Topliss-reactive ketones (excluding diaryl/α,β-unsaturated/α-hetero) is 1. The highest BCUT2D eigenvalue weighted by molar-refractivity contribution is 7.92. The number of aromatic nitrogens is 1. The monoisotopic (exact) mass is 445 g/mol. The first kappa shape index (κ1) is 20.9. The molecule has 0 unspecified atom stereocenters. The van der Waals surface area contributed by atoms with Crippen molar-refractivity contribution < 1.29 is 18.0 Å². The summed E-state index contributed by atoms with van der Waals surface area (Å²) in [6.45, 7) is 0.596. The van der Waals surface area contributed by atoms with Crippen molar-refractivity contribution in [2.75, 3.05) is 18.4 Å². The molecule has 1 aromatic heterocycles. The molecule has 0 atom stereocenters. The van der Waals surface area contributed by atoms with Crippen LogP contribution in [0, 0.1) is 5.92 Å². The fraction of sp³-hybridized carbons (Fsp3) is 0.381. The van der Waals surface area contributed by atoms with Gasteiger partial charge in [-0.25, -0.2) is 13.4 Å². The lowest BCUT2D eigenvalue weighted by Crippen LogP contribution is -2.40. The van der Waals surface area contributed by atoms with E-state index in [1.807, 2.05) is 30.3 Å². The van der Waals surface area contributed by atoms with E-state index in [2.05, 4.69) is 10.3 Å². The number of carbonyl (C=O) groups excluding carboxylic acids is 2. The minimum atomic E-state index is -3.52. The number of sulfonamides is 1. The summed E-state index contributed by atoms with van der Waals surface area (Å²) in [7, 11) is -3.52. The van der Waals surface area contributed by atoms with Gasteiger partial charge in [0.15, 0.2) is 10.9 Å². The van der Waals surface area contributed by atoms with Crippen LogP contribution in [0.15, 0.2) is 35.7 Å². The van der Waals surface area contributed by atoms with Gasteiger partial charge in [-0.1, -0.05) is 41.7 Å². The molecule has 4 rings (SSSR count). The Morgan fingerprint density at radius 3 is 2.60 bits per heavy atom. The van der Waals surface area contributed by atoms with Crippen LogP contribution in [0.2, 0.25) is 0 Å². The molecule has 1 saturated heterocycles. The number of benzene rings is 1. The van der Waals surface area contributed by atoms with E-state index in [0.29, 0.717) is 42.4 Å². The number of rotatable bonds is 5. The molecule has 1 aliphatic carbocycles. The van der Waals surface area contributed by atoms with Crippen LogP contribution in [0.4, 0.5) is 5.13 Å². The maximum atomic E-state index is 12.6. The van der Waals surface area contributed by atoms with Crippen LogP contribution in [0.1, 0.15) is 46.6 Å². The van der Waals surface area contributed by atoms with Crippen LogP contribution in [-0.2, 0) is 21.2 Å². The third-order valence-corrected chi connectivity index (χ3v) is 8.03. The number of nitrogens with one attached hydrogen (secondary N) is 1. The van der Waals surface area contributed by atoms with E-state index in [4.69, 9.17) is 0 Å². The third kappa shape index (κ3) is 4.69. The van der Waals surface area contributed by atoms with Crippen molar-refractivity contribution in [2.45, 2.75) is 32.1 Å². The van der Waals surface area contributed by atoms with Crippen molar-refractivity contribution >= 4 is 44.3 Å². The van der Waals surface area contributed by atoms with Gasteiger partial charge >= 0.3 is 0 Å². The van der Waals surface area contributed by atoms with Gasteiger partial charge < -0.3 is 5.32 Å². The Balaban J connectivity index is 1.33. The van der Waals surface area contributed by atoms with Gasteiger partial charge in [-0.15, -0.1) is 0 Å². The average molecular weight is 446 g/mol. The maximum Gasteiger partial charge on any atom is 0.236 e. The molecule has 0 radical (unpaired) electrons. The molecule has 0 bridgehead atoms. The van der Waals surface area contributed by atoms with Gasteiger partial charge in [0.05, 0.1) is 10.6 Å². The number of aryl methyl sites for hydroxylation is 1. The van der Waals surface area contributed by atoms with Crippen LogP contribution in [0.3, 0.4) is 0 Å². The van der Waals surface area contributed by atoms with Gasteiger partial charge in [0.25, 0.3) is 0 Å². The van der Waals surface area contributed by atoms with E-state index < -0.39 is 10.0 Å². The van der Waals surface area contributed by atoms with E-state index in [1.54, 1.807) is 6.08 Å². The summed E-state index contributed by atoms with van der Waals surface area (Å²) in [6.07, 6.45) is 4.59. The zero-order valence-electron chi connectivity index (χ0n) is 16.4. The molecule has 158 valence electrons. The Hall–Kier alpha value is -2.36. The van der Waals surface area contributed by atoms with Gasteiger partial charge in [-0.05, 0) is 37.3 Å². The van der Waals surface area contributed by atoms with Crippen molar-refractivity contribution in [3.8, 4) is 0 Å². The Bertz CT molecular complexity index is 1070. The zero-order chi connectivity index (χ0) is 21.1. The number of thiazole rings is 1. The predicted molar refractivity (Wildman–Crippen MR) is 117 cm³/mol.